The maximum absolute atomic E-state index is 13.4. The largest absolute Gasteiger partial charge is 0.316 e. The van der Waals surface area contributed by atoms with Gasteiger partial charge in [0.2, 0.25) is 0 Å². The van der Waals surface area contributed by atoms with E-state index in [1.54, 1.807) is 0 Å². The number of carbonyl (C=O) groups excluding carboxylic acids is 1. The van der Waals surface area contributed by atoms with Crippen LogP contribution < -0.4 is 5.32 Å². The molecule has 92 valence electrons. The van der Waals surface area contributed by atoms with Gasteiger partial charge in [-0.25, -0.2) is 8.78 Å². The highest BCUT2D eigenvalue weighted by atomic mass is 19.1. The van der Waals surface area contributed by atoms with Crippen LogP contribution in [0.25, 0.3) is 0 Å². The molecule has 0 amide bonds. The van der Waals surface area contributed by atoms with Crippen molar-refractivity contribution < 1.29 is 13.6 Å². The fourth-order valence-corrected chi connectivity index (χ4v) is 1.94. The summed E-state index contributed by atoms with van der Waals surface area (Å²) in [5, 5.41) is 3.10. The molecule has 17 heavy (non-hydrogen) atoms. The molecule has 1 unspecified atom stereocenters. The molecule has 0 spiro atoms. The molecule has 1 heterocycles. The zero-order chi connectivity index (χ0) is 12.4. The van der Waals surface area contributed by atoms with Crippen molar-refractivity contribution in [2.75, 3.05) is 13.1 Å². The standard InChI is InChI=1S/C13H15F2NO/c1-8(10-6-16-7-10)13(17)4-9-2-3-11(14)5-12(9)15/h2-3,5,8,10,16H,4,6-7H2,1H3. The van der Waals surface area contributed by atoms with Crippen molar-refractivity contribution in [3.63, 3.8) is 0 Å². The first-order valence-electron chi connectivity index (χ1n) is 5.75. The summed E-state index contributed by atoms with van der Waals surface area (Å²) >= 11 is 0. The minimum absolute atomic E-state index is 0.0157. The lowest BCUT2D eigenvalue weighted by Gasteiger charge is -2.31. The summed E-state index contributed by atoms with van der Waals surface area (Å²) in [5.41, 5.74) is 0.274. The van der Waals surface area contributed by atoms with Crippen molar-refractivity contribution in [2.24, 2.45) is 11.8 Å². The van der Waals surface area contributed by atoms with E-state index in [9.17, 15) is 13.6 Å². The topological polar surface area (TPSA) is 29.1 Å². The van der Waals surface area contributed by atoms with Crippen LogP contribution >= 0.6 is 0 Å². The smallest absolute Gasteiger partial charge is 0.140 e. The van der Waals surface area contributed by atoms with Gasteiger partial charge in [-0.15, -0.1) is 0 Å². The number of carbonyl (C=O) groups is 1. The Morgan fingerprint density at radius 1 is 1.47 bits per heavy atom. The van der Waals surface area contributed by atoms with Crippen LogP contribution in [-0.4, -0.2) is 18.9 Å². The predicted octanol–water partition coefficient (Wildman–Crippen LogP) is 1.93. The van der Waals surface area contributed by atoms with Crippen LogP contribution in [0.5, 0.6) is 0 Å². The van der Waals surface area contributed by atoms with Crippen molar-refractivity contribution in [1.29, 1.82) is 0 Å². The molecule has 1 aliphatic heterocycles. The molecule has 1 saturated heterocycles. The second kappa shape index (κ2) is 4.92. The monoisotopic (exact) mass is 239 g/mol. The highest BCUT2D eigenvalue weighted by Gasteiger charge is 2.28. The van der Waals surface area contributed by atoms with Gasteiger partial charge in [-0.3, -0.25) is 4.79 Å². The van der Waals surface area contributed by atoms with E-state index in [1.807, 2.05) is 6.92 Å². The predicted molar refractivity (Wildman–Crippen MR) is 60.6 cm³/mol. The molecule has 1 aliphatic rings. The number of halogens is 2. The minimum atomic E-state index is -0.641. The van der Waals surface area contributed by atoms with E-state index in [-0.39, 0.29) is 23.7 Å². The van der Waals surface area contributed by atoms with Gasteiger partial charge in [0.15, 0.2) is 0 Å². The fraction of sp³-hybridized carbons (Fsp3) is 0.462. The lowest BCUT2D eigenvalue weighted by atomic mass is 9.84. The molecule has 0 aliphatic carbocycles. The van der Waals surface area contributed by atoms with Crippen molar-refractivity contribution in [3.8, 4) is 0 Å². The SMILES string of the molecule is CC(C(=O)Cc1ccc(F)cc1F)C1CNC1. The Labute approximate surface area is 99.0 Å². The summed E-state index contributed by atoms with van der Waals surface area (Å²) in [6.45, 7) is 3.56. The van der Waals surface area contributed by atoms with Gasteiger partial charge >= 0.3 is 0 Å². The zero-order valence-electron chi connectivity index (χ0n) is 9.67. The minimum Gasteiger partial charge on any atom is -0.316 e. The van der Waals surface area contributed by atoms with Crippen LogP contribution in [0, 0.1) is 23.5 Å². The summed E-state index contributed by atoms with van der Waals surface area (Å²) in [4.78, 5) is 11.9. The summed E-state index contributed by atoms with van der Waals surface area (Å²) < 4.78 is 26.1. The maximum atomic E-state index is 13.4. The van der Waals surface area contributed by atoms with Crippen molar-refractivity contribution in [1.82, 2.24) is 5.32 Å². The van der Waals surface area contributed by atoms with Crippen molar-refractivity contribution >= 4 is 5.78 Å². The van der Waals surface area contributed by atoms with E-state index in [0.29, 0.717) is 5.92 Å². The molecule has 0 bridgehead atoms. The zero-order valence-corrected chi connectivity index (χ0v) is 9.67. The summed E-state index contributed by atoms with van der Waals surface area (Å²) in [6.07, 6.45) is 0.0454. The number of Topliss-reactive ketones (excluding diaryl/α,β-unsaturated/α-hetero) is 1. The molecule has 0 saturated carbocycles. The second-order valence-electron chi connectivity index (χ2n) is 4.59. The molecule has 0 radical (unpaired) electrons. The van der Waals surface area contributed by atoms with Gasteiger partial charge in [0, 0.05) is 18.4 Å². The number of hydrogen-bond acceptors (Lipinski definition) is 2. The lowest BCUT2D eigenvalue weighted by molar-refractivity contribution is -0.123. The Morgan fingerprint density at radius 3 is 2.71 bits per heavy atom. The van der Waals surface area contributed by atoms with Crippen LogP contribution in [0.3, 0.4) is 0 Å². The Morgan fingerprint density at radius 2 is 2.18 bits per heavy atom. The third kappa shape index (κ3) is 2.69. The molecular weight excluding hydrogens is 224 g/mol. The summed E-state index contributed by atoms with van der Waals surface area (Å²) in [5.74, 6) is -0.957. The molecule has 2 nitrogen and oxygen atoms in total. The van der Waals surface area contributed by atoms with E-state index in [0.717, 1.165) is 19.2 Å². The third-order valence-electron chi connectivity index (χ3n) is 3.41. The van der Waals surface area contributed by atoms with Gasteiger partial charge in [0.1, 0.15) is 17.4 Å². The van der Waals surface area contributed by atoms with Crippen molar-refractivity contribution in [2.45, 2.75) is 13.3 Å². The van der Waals surface area contributed by atoms with Gasteiger partial charge in [-0.2, -0.15) is 0 Å². The van der Waals surface area contributed by atoms with E-state index < -0.39 is 11.6 Å². The maximum Gasteiger partial charge on any atom is 0.140 e. The number of nitrogens with one attached hydrogen (secondary N) is 1. The molecule has 4 heteroatoms. The molecule has 0 aromatic heterocycles. The molecule has 1 aromatic rings. The first-order valence-corrected chi connectivity index (χ1v) is 5.75. The molecular formula is C13H15F2NO. The van der Waals surface area contributed by atoms with E-state index in [4.69, 9.17) is 0 Å². The summed E-state index contributed by atoms with van der Waals surface area (Å²) in [7, 11) is 0. The van der Waals surface area contributed by atoms with E-state index in [2.05, 4.69) is 5.32 Å². The first kappa shape index (κ1) is 12.2. The van der Waals surface area contributed by atoms with Gasteiger partial charge in [0.25, 0.3) is 0 Å². The van der Waals surface area contributed by atoms with Crippen LogP contribution in [0.2, 0.25) is 0 Å². The van der Waals surface area contributed by atoms with Crippen LogP contribution in [0.15, 0.2) is 18.2 Å². The van der Waals surface area contributed by atoms with Gasteiger partial charge in [-0.1, -0.05) is 13.0 Å². The second-order valence-corrected chi connectivity index (χ2v) is 4.59. The third-order valence-corrected chi connectivity index (χ3v) is 3.41. The Kier molecular flexibility index (Phi) is 3.52. The average Bonchev–Trinajstić information content (AvgIpc) is 2.19. The summed E-state index contributed by atoms with van der Waals surface area (Å²) in [6, 6.07) is 3.34. The quantitative estimate of drug-likeness (QED) is 0.870. The first-order chi connectivity index (χ1) is 8.08. The number of rotatable bonds is 4. The van der Waals surface area contributed by atoms with E-state index >= 15 is 0 Å². The van der Waals surface area contributed by atoms with Gasteiger partial charge in [-0.05, 0) is 30.6 Å². The lowest BCUT2D eigenvalue weighted by Crippen LogP contribution is -2.47. The van der Waals surface area contributed by atoms with Gasteiger partial charge < -0.3 is 5.32 Å². The molecule has 1 aromatic carbocycles. The highest BCUT2D eigenvalue weighted by Crippen LogP contribution is 2.20. The average molecular weight is 239 g/mol. The van der Waals surface area contributed by atoms with Crippen molar-refractivity contribution in [3.05, 3.63) is 35.4 Å². The normalized spacial score (nSPS) is 17.6. The van der Waals surface area contributed by atoms with Crippen LogP contribution in [-0.2, 0) is 11.2 Å². The van der Waals surface area contributed by atoms with Gasteiger partial charge in [0.05, 0.1) is 0 Å². The Bertz CT molecular complexity index is 429. The Hall–Kier alpha value is -1.29. The molecule has 1 atom stereocenters. The van der Waals surface area contributed by atoms with E-state index in [1.165, 1.54) is 12.1 Å². The Balaban J connectivity index is 2.02. The molecule has 1 fully saturated rings. The number of hydrogen-bond donors (Lipinski definition) is 1. The number of ketones is 1. The number of benzene rings is 1. The van der Waals surface area contributed by atoms with Crippen LogP contribution in [0.1, 0.15) is 12.5 Å². The molecule has 2 rings (SSSR count). The van der Waals surface area contributed by atoms with Crippen LogP contribution in [0.4, 0.5) is 8.78 Å². The highest BCUT2D eigenvalue weighted by molar-refractivity contribution is 5.83. The molecule has 1 N–H and O–H groups in total. The fourth-order valence-electron chi connectivity index (χ4n) is 1.94.